The molecule has 1 N–H and O–H groups in total. The summed E-state index contributed by atoms with van der Waals surface area (Å²) in [5, 5.41) is 9.60. The molecule has 0 aliphatic heterocycles. The van der Waals surface area contributed by atoms with Gasteiger partial charge in [-0.1, -0.05) is 218 Å². The lowest BCUT2D eigenvalue weighted by molar-refractivity contribution is -0.161. The Bertz CT molecular complexity index is 1380. The van der Waals surface area contributed by atoms with E-state index in [1.165, 1.54) is 70.6 Å². The third-order valence-corrected chi connectivity index (χ3v) is 10.7. The van der Waals surface area contributed by atoms with Gasteiger partial charge in [0.15, 0.2) is 6.10 Å². The van der Waals surface area contributed by atoms with Gasteiger partial charge in [-0.3, -0.25) is 9.59 Å². The van der Waals surface area contributed by atoms with Crippen molar-refractivity contribution >= 4 is 11.9 Å². The molecule has 0 aromatic rings. The fourth-order valence-corrected chi connectivity index (χ4v) is 6.75. The van der Waals surface area contributed by atoms with Crippen LogP contribution in [0.2, 0.25) is 0 Å². The highest BCUT2D eigenvalue weighted by atomic mass is 16.6. The van der Waals surface area contributed by atoms with Crippen LogP contribution in [0.3, 0.4) is 0 Å². The first-order valence-electron chi connectivity index (χ1n) is 26.2. The minimum absolute atomic E-state index is 0.0802. The maximum Gasteiger partial charge on any atom is 0.306 e. The van der Waals surface area contributed by atoms with Gasteiger partial charge in [-0.15, -0.1) is 0 Å². The van der Waals surface area contributed by atoms with Crippen LogP contribution in [0.15, 0.2) is 134 Å². The molecular formula is C60H96O5. The van der Waals surface area contributed by atoms with Gasteiger partial charge in [0.1, 0.15) is 6.61 Å². The predicted octanol–water partition coefficient (Wildman–Crippen LogP) is 17.7. The topological polar surface area (TPSA) is 72.8 Å². The van der Waals surface area contributed by atoms with E-state index in [4.69, 9.17) is 9.47 Å². The minimum atomic E-state index is -0.787. The quantitative estimate of drug-likeness (QED) is 0.0374. The lowest BCUT2D eigenvalue weighted by Crippen LogP contribution is -2.28. The lowest BCUT2D eigenvalue weighted by atomic mass is 10.1. The zero-order chi connectivity index (χ0) is 47.0. The highest BCUT2D eigenvalue weighted by molar-refractivity contribution is 5.70. The average molecular weight is 897 g/mol. The van der Waals surface area contributed by atoms with Gasteiger partial charge in [-0.05, 0) is 116 Å². The Balaban J connectivity index is 3.62. The molecule has 5 heteroatoms. The number of hydrogen-bond acceptors (Lipinski definition) is 5. The first kappa shape index (κ1) is 61.0. The third-order valence-electron chi connectivity index (χ3n) is 10.7. The molecule has 0 rings (SSSR count). The van der Waals surface area contributed by atoms with Crippen LogP contribution in [0, 0.1) is 0 Å². The summed E-state index contributed by atoms with van der Waals surface area (Å²) in [6.07, 6.45) is 81.2. The molecule has 65 heavy (non-hydrogen) atoms. The fraction of sp³-hybridized carbons (Fsp3) is 0.600. The highest BCUT2D eigenvalue weighted by Crippen LogP contribution is 2.13. The SMILES string of the molecule is CC/C=C\C/C=C\C/C=C\C/C=C\C/C=C\C/C=C\C/C=C\C/C=C\C/C=C\C/C=C\CCCCCCCCCCC(=O)OC(CO)COC(=O)CCCCCCC/C=C\CCCCC. The number of aliphatic hydroxyl groups is 1. The zero-order valence-corrected chi connectivity index (χ0v) is 41.7. The maximum absolute atomic E-state index is 12.2. The number of rotatable bonds is 46. The van der Waals surface area contributed by atoms with E-state index in [1.807, 2.05) is 0 Å². The van der Waals surface area contributed by atoms with E-state index >= 15 is 0 Å². The van der Waals surface area contributed by atoms with Gasteiger partial charge in [-0.25, -0.2) is 0 Å². The van der Waals surface area contributed by atoms with Crippen LogP contribution in [0.5, 0.6) is 0 Å². The van der Waals surface area contributed by atoms with E-state index in [0.717, 1.165) is 116 Å². The molecule has 366 valence electrons. The summed E-state index contributed by atoms with van der Waals surface area (Å²) < 4.78 is 10.6. The van der Waals surface area contributed by atoms with Crippen molar-refractivity contribution in [3.8, 4) is 0 Å². The number of carbonyl (C=O) groups excluding carboxylic acids is 2. The van der Waals surface area contributed by atoms with Crippen LogP contribution in [0.1, 0.15) is 213 Å². The van der Waals surface area contributed by atoms with E-state index in [9.17, 15) is 14.7 Å². The van der Waals surface area contributed by atoms with Gasteiger partial charge in [-0.2, -0.15) is 0 Å². The molecule has 0 radical (unpaired) electrons. The van der Waals surface area contributed by atoms with Gasteiger partial charge < -0.3 is 14.6 Å². The molecule has 0 saturated heterocycles. The third kappa shape index (κ3) is 52.5. The summed E-state index contributed by atoms with van der Waals surface area (Å²) >= 11 is 0. The van der Waals surface area contributed by atoms with Gasteiger partial charge in [0.2, 0.25) is 0 Å². The van der Waals surface area contributed by atoms with Gasteiger partial charge in [0.05, 0.1) is 6.61 Å². The van der Waals surface area contributed by atoms with Crippen LogP contribution in [0.4, 0.5) is 0 Å². The first-order chi connectivity index (χ1) is 32.1. The van der Waals surface area contributed by atoms with Crippen molar-refractivity contribution < 1.29 is 24.2 Å². The molecule has 0 saturated carbocycles. The fourth-order valence-electron chi connectivity index (χ4n) is 6.75. The molecule has 0 aliphatic rings. The Labute approximate surface area is 400 Å². The van der Waals surface area contributed by atoms with E-state index in [1.54, 1.807) is 0 Å². The Morgan fingerprint density at radius 3 is 1.02 bits per heavy atom. The van der Waals surface area contributed by atoms with Crippen molar-refractivity contribution in [1.29, 1.82) is 0 Å². The van der Waals surface area contributed by atoms with Crippen LogP contribution >= 0.6 is 0 Å². The second kappa shape index (κ2) is 54.4. The number of ether oxygens (including phenoxy) is 2. The first-order valence-corrected chi connectivity index (χ1v) is 26.2. The summed E-state index contributed by atoms with van der Waals surface area (Å²) in [6, 6.07) is 0. The van der Waals surface area contributed by atoms with Gasteiger partial charge in [0, 0.05) is 12.8 Å². The molecular weight excluding hydrogens is 801 g/mol. The maximum atomic E-state index is 12.2. The lowest BCUT2D eigenvalue weighted by Gasteiger charge is -2.15. The molecule has 5 nitrogen and oxygen atoms in total. The Morgan fingerprint density at radius 2 is 0.662 bits per heavy atom. The summed E-state index contributed by atoms with van der Waals surface area (Å²) in [6.45, 7) is 3.97. The molecule has 0 spiro atoms. The van der Waals surface area contributed by atoms with Gasteiger partial charge in [0.25, 0.3) is 0 Å². The van der Waals surface area contributed by atoms with Crippen molar-refractivity contribution in [2.45, 2.75) is 219 Å². The van der Waals surface area contributed by atoms with Gasteiger partial charge >= 0.3 is 11.9 Å². The Hall–Kier alpha value is -3.96. The molecule has 1 atom stereocenters. The van der Waals surface area contributed by atoms with E-state index in [-0.39, 0.29) is 25.2 Å². The Morgan fingerprint density at radius 1 is 0.369 bits per heavy atom. The van der Waals surface area contributed by atoms with Crippen molar-refractivity contribution in [3.05, 3.63) is 134 Å². The number of hydrogen-bond donors (Lipinski definition) is 1. The Kier molecular flexibility index (Phi) is 51.1. The van der Waals surface area contributed by atoms with Crippen molar-refractivity contribution in [2.24, 2.45) is 0 Å². The molecule has 0 heterocycles. The standard InChI is InChI=1S/C60H96O5/c1-3-5-7-9-11-13-15-17-18-19-20-21-22-23-24-25-26-27-28-29-30-31-32-33-34-35-36-37-38-39-40-41-42-43-45-47-49-51-53-55-60(63)65-58(56-61)57-64-59(62)54-52-50-48-46-44-16-14-12-10-8-6-4-2/h5,7,11-14,17-18,20-21,23-24,26-27,29-30,32-33,35-36,38-39,58,61H,3-4,6,8-10,15-16,19,22,25,28,31,34,37,40-57H2,1-2H3/b7-5-,13-11-,14-12-,18-17-,21-20-,24-23-,27-26-,30-29-,33-32-,36-35-,39-38-. The number of unbranched alkanes of at least 4 members (excludes halogenated alkanes) is 16. The highest BCUT2D eigenvalue weighted by Gasteiger charge is 2.16. The normalized spacial score (nSPS) is 13.3. The minimum Gasteiger partial charge on any atom is -0.462 e. The number of aliphatic hydroxyl groups excluding tert-OH is 1. The molecule has 0 amide bonds. The number of allylic oxidation sites excluding steroid dienone is 22. The number of esters is 2. The van der Waals surface area contributed by atoms with Crippen molar-refractivity contribution in [3.63, 3.8) is 0 Å². The summed E-state index contributed by atoms with van der Waals surface area (Å²) in [4.78, 5) is 24.4. The van der Waals surface area contributed by atoms with Crippen molar-refractivity contribution in [1.82, 2.24) is 0 Å². The van der Waals surface area contributed by atoms with E-state index in [0.29, 0.717) is 12.8 Å². The van der Waals surface area contributed by atoms with Crippen LogP contribution in [-0.4, -0.2) is 36.4 Å². The molecule has 0 bridgehead atoms. The summed E-state index contributed by atoms with van der Waals surface area (Å²) in [7, 11) is 0. The molecule has 0 fully saturated rings. The second-order valence-electron chi connectivity index (χ2n) is 16.9. The van der Waals surface area contributed by atoms with Crippen LogP contribution in [-0.2, 0) is 19.1 Å². The smallest absolute Gasteiger partial charge is 0.306 e. The van der Waals surface area contributed by atoms with Crippen LogP contribution < -0.4 is 0 Å². The van der Waals surface area contributed by atoms with E-state index < -0.39 is 6.10 Å². The monoisotopic (exact) mass is 897 g/mol. The zero-order valence-electron chi connectivity index (χ0n) is 41.7. The average Bonchev–Trinajstić information content (AvgIpc) is 3.31. The van der Waals surface area contributed by atoms with Crippen LogP contribution in [0.25, 0.3) is 0 Å². The molecule has 0 aromatic heterocycles. The van der Waals surface area contributed by atoms with E-state index in [2.05, 4.69) is 148 Å². The number of carbonyl (C=O) groups is 2. The predicted molar refractivity (Wildman–Crippen MR) is 283 cm³/mol. The molecule has 0 aromatic carbocycles. The summed E-state index contributed by atoms with van der Waals surface area (Å²) in [5.41, 5.74) is 0. The molecule has 0 aliphatic carbocycles. The van der Waals surface area contributed by atoms with Crippen molar-refractivity contribution in [2.75, 3.05) is 13.2 Å². The molecule has 1 unspecified atom stereocenters. The second-order valence-corrected chi connectivity index (χ2v) is 16.9. The largest absolute Gasteiger partial charge is 0.462 e. The summed E-state index contributed by atoms with van der Waals surface area (Å²) in [5.74, 6) is -0.620.